The zero-order valence-corrected chi connectivity index (χ0v) is 13.7. The van der Waals surface area contributed by atoms with Crippen molar-refractivity contribution in [3.8, 4) is 11.8 Å². The molecule has 0 radical (unpaired) electrons. The Hall–Kier alpha value is -2.86. The van der Waals surface area contributed by atoms with E-state index in [4.69, 9.17) is 5.73 Å². The lowest BCUT2D eigenvalue weighted by Gasteiger charge is -2.18. The summed E-state index contributed by atoms with van der Waals surface area (Å²) in [5.74, 6) is -0.622. The summed E-state index contributed by atoms with van der Waals surface area (Å²) in [5, 5.41) is 13.4. The number of primary amides is 1. The number of carbonyl (C=O) groups excluding carboxylic acids is 1. The second-order valence-electron chi connectivity index (χ2n) is 6.36. The molecule has 1 fully saturated rings. The van der Waals surface area contributed by atoms with Crippen molar-refractivity contribution < 1.29 is 18.0 Å². The Kier molecular flexibility index (Phi) is 4.46. The minimum atomic E-state index is -4.38. The van der Waals surface area contributed by atoms with Gasteiger partial charge in [-0.1, -0.05) is 0 Å². The summed E-state index contributed by atoms with van der Waals surface area (Å²) >= 11 is 0. The monoisotopic (exact) mass is 363 g/mol. The summed E-state index contributed by atoms with van der Waals surface area (Å²) in [5.41, 5.74) is 4.79. The molecule has 9 heteroatoms. The number of amides is 1. The fourth-order valence-electron chi connectivity index (χ4n) is 3.02. The van der Waals surface area contributed by atoms with E-state index in [0.29, 0.717) is 25.2 Å². The van der Waals surface area contributed by atoms with Crippen LogP contribution in [0.4, 0.5) is 13.2 Å². The van der Waals surface area contributed by atoms with Gasteiger partial charge in [0.15, 0.2) is 0 Å². The summed E-state index contributed by atoms with van der Waals surface area (Å²) in [6.07, 6.45) is -0.684. The molecule has 2 aromatic rings. The molecule has 2 heterocycles. The Balaban J connectivity index is 1.69. The van der Waals surface area contributed by atoms with Crippen molar-refractivity contribution in [1.29, 1.82) is 5.26 Å². The van der Waals surface area contributed by atoms with Crippen LogP contribution in [-0.4, -0.2) is 33.7 Å². The van der Waals surface area contributed by atoms with E-state index in [2.05, 4.69) is 5.10 Å². The predicted molar refractivity (Wildman–Crippen MR) is 85.7 cm³/mol. The molecule has 6 nitrogen and oxygen atoms in total. The molecule has 1 aliphatic rings. The smallest absolute Gasteiger partial charge is 0.368 e. The Bertz CT molecular complexity index is 853. The summed E-state index contributed by atoms with van der Waals surface area (Å²) in [4.78, 5) is 13.4. The van der Waals surface area contributed by atoms with E-state index in [1.807, 2.05) is 11.0 Å². The topological polar surface area (TPSA) is 87.9 Å². The maximum atomic E-state index is 12.6. The minimum absolute atomic E-state index is 0.254. The molecule has 1 aliphatic heterocycles. The third kappa shape index (κ3) is 3.41. The third-order valence-electron chi connectivity index (χ3n) is 4.54. The number of hydrogen-bond acceptors (Lipinski definition) is 4. The first kappa shape index (κ1) is 17.9. The van der Waals surface area contributed by atoms with E-state index in [0.717, 1.165) is 17.7 Å². The number of nitrogens with two attached hydrogens (primary N) is 1. The number of benzene rings is 1. The van der Waals surface area contributed by atoms with Gasteiger partial charge in [-0.25, -0.2) is 4.68 Å². The number of alkyl halides is 3. The van der Waals surface area contributed by atoms with Crippen LogP contribution in [0.15, 0.2) is 36.7 Å². The normalized spacial score (nSPS) is 20.8. The quantitative estimate of drug-likeness (QED) is 0.901. The molecule has 1 aromatic heterocycles. The predicted octanol–water partition coefficient (Wildman–Crippen LogP) is 2.09. The van der Waals surface area contributed by atoms with Crippen molar-refractivity contribution in [2.24, 2.45) is 11.1 Å². The van der Waals surface area contributed by atoms with Crippen molar-refractivity contribution in [2.75, 3.05) is 13.1 Å². The number of rotatable bonds is 4. The van der Waals surface area contributed by atoms with Crippen LogP contribution >= 0.6 is 0 Å². The average molecular weight is 363 g/mol. The second-order valence-corrected chi connectivity index (χ2v) is 6.36. The zero-order chi connectivity index (χ0) is 18.9. The lowest BCUT2D eigenvalue weighted by atomic mass is 9.88. The molecule has 2 N–H and O–H groups in total. The number of hydrogen-bond donors (Lipinski definition) is 1. The van der Waals surface area contributed by atoms with Crippen LogP contribution in [0, 0.1) is 16.7 Å². The van der Waals surface area contributed by atoms with Gasteiger partial charge in [0.05, 0.1) is 23.5 Å². The van der Waals surface area contributed by atoms with Crippen molar-refractivity contribution in [2.45, 2.75) is 19.1 Å². The van der Waals surface area contributed by atoms with Crippen molar-refractivity contribution >= 4 is 5.91 Å². The minimum Gasteiger partial charge on any atom is -0.368 e. The van der Waals surface area contributed by atoms with E-state index >= 15 is 0 Å². The molecule has 1 atom stereocenters. The summed E-state index contributed by atoms with van der Waals surface area (Å²) < 4.78 is 39.3. The Morgan fingerprint density at radius 1 is 1.35 bits per heavy atom. The molecule has 1 saturated heterocycles. The fraction of sp³-hybridized carbons (Fsp3) is 0.353. The maximum absolute atomic E-state index is 12.6. The molecule has 0 aliphatic carbocycles. The van der Waals surface area contributed by atoms with Gasteiger partial charge < -0.3 is 5.73 Å². The van der Waals surface area contributed by atoms with E-state index in [1.54, 1.807) is 12.4 Å². The van der Waals surface area contributed by atoms with Gasteiger partial charge in [-0.3, -0.25) is 9.69 Å². The fourth-order valence-corrected chi connectivity index (χ4v) is 3.02. The van der Waals surface area contributed by atoms with Crippen LogP contribution < -0.4 is 5.73 Å². The Labute approximate surface area is 147 Å². The molecule has 1 aromatic carbocycles. The number of likely N-dealkylation sites (tertiary alicyclic amines) is 1. The molecule has 0 spiro atoms. The molecule has 26 heavy (non-hydrogen) atoms. The zero-order valence-electron chi connectivity index (χ0n) is 13.7. The number of aromatic nitrogens is 2. The van der Waals surface area contributed by atoms with Gasteiger partial charge in [-0.05, 0) is 30.7 Å². The molecule has 0 bridgehead atoms. The van der Waals surface area contributed by atoms with Gasteiger partial charge in [0.1, 0.15) is 5.41 Å². The highest BCUT2D eigenvalue weighted by Gasteiger charge is 2.43. The third-order valence-corrected chi connectivity index (χ3v) is 4.54. The van der Waals surface area contributed by atoms with Crippen LogP contribution in [-0.2, 0) is 17.5 Å². The lowest BCUT2D eigenvalue weighted by molar-refractivity contribution is -0.137. The summed E-state index contributed by atoms with van der Waals surface area (Å²) in [7, 11) is 0. The molecule has 1 unspecified atom stereocenters. The second kappa shape index (κ2) is 6.46. The highest BCUT2D eigenvalue weighted by atomic mass is 19.4. The molecular weight excluding hydrogens is 347 g/mol. The van der Waals surface area contributed by atoms with Crippen LogP contribution in [0.3, 0.4) is 0 Å². The summed E-state index contributed by atoms with van der Waals surface area (Å²) in [6, 6.07) is 6.72. The van der Waals surface area contributed by atoms with Crippen LogP contribution in [0.2, 0.25) is 0 Å². The van der Waals surface area contributed by atoms with Crippen molar-refractivity contribution in [3.63, 3.8) is 0 Å². The highest BCUT2D eigenvalue weighted by Crippen LogP contribution is 2.31. The van der Waals surface area contributed by atoms with E-state index in [-0.39, 0.29) is 6.54 Å². The highest BCUT2D eigenvalue weighted by molar-refractivity contribution is 5.84. The van der Waals surface area contributed by atoms with E-state index in [9.17, 15) is 23.2 Å². The van der Waals surface area contributed by atoms with Crippen LogP contribution in [0.5, 0.6) is 0 Å². The van der Waals surface area contributed by atoms with Gasteiger partial charge in [-0.15, -0.1) is 0 Å². The maximum Gasteiger partial charge on any atom is 0.416 e. The van der Waals surface area contributed by atoms with Crippen molar-refractivity contribution in [1.82, 2.24) is 14.7 Å². The van der Waals surface area contributed by atoms with E-state index < -0.39 is 23.1 Å². The van der Waals surface area contributed by atoms with Gasteiger partial charge in [-0.2, -0.15) is 23.5 Å². The summed E-state index contributed by atoms with van der Waals surface area (Å²) in [6.45, 7) is 1.28. The van der Waals surface area contributed by atoms with Crippen molar-refractivity contribution in [3.05, 3.63) is 47.8 Å². The number of carbonyl (C=O) groups is 1. The Morgan fingerprint density at radius 2 is 2.04 bits per heavy atom. The lowest BCUT2D eigenvalue weighted by Crippen LogP contribution is -2.38. The molecular formula is C17H16F3N5O. The van der Waals surface area contributed by atoms with E-state index in [1.165, 1.54) is 16.8 Å². The van der Waals surface area contributed by atoms with Gasteiger partial charge in [0, 0.05) is 31.4 Å². The largest absolute Gasteiger partial charge is 0.416 e. The average Bonchev–Trinajstić information content (AvgIpc) is 3.22. The van der Waals surface area contributed by atoms with Gasteiger partial charge >= 0.3 is 6.18 Å². The Morgan fingerprint density at radius 3 is 2.58 bits per heavy atom. The molecule has 0 saturated carbocycles. The molecule has 1 amide bonds. The standard InChI is InChI=1S/C17H16F3N5O/c18-17(19,20)13-1-3-14(4-2-13)25-9-12(7-23-25)8-24-6-5-16(10-21,11-24)15(22)26/h1-4,7,9H,5-6,8,11H2,(H2,22,26). The SMILES string of the molecule is N#CC1(C(N)=O)CCN(Cc2cnn(-c3ccc(C(F)(F)F)cc3)c2)C1. The molecule has 3 rings (SSSR count). The first-order chi connectivity index (χ1) is 12.2. The van der Waals surface area contributed by atoms with Gasteiger partial charge in [0.25, 0.3) is 0 Å². The number of nitrogens with zero attached hydrogens (tertiary/aromatic N) is 4. The number of halogens is 3. The first-order valence-corrected chi connectivity index (χ1v) is 7.88. The van der Waals surface area contributed by atoms with Crippen LogP contribution in [0.25, 0.3) is 5.69 Å². The first-order valence-electron chi connectivity index (χ1n) is 7.88. The molecule has 136 valence electrons. The van der Waals surface area contributed by atoms with Gasteiger partial charge in [0.2, 0.25) is 5.91 Å². The number of nitriles is 1. The van der Waals surface area contributed by atoms with Crippen LogP contribution in [0.1, 0.15) is 17.5 Å².